The molecule has 0 fully saturated rings. The number of aromatic hydroxyl groups is 2. The molecule has 0 radical (unpaired) electrons. The zero-order chi connectivity index (χ0) is 71.9. The van der Waals surface area contributed by atoms with Crippen LogP contribution in [-0.2, 0) is 65.2 Å². The van der Waals surface area contributed by atoms with Crippen LogP contribution in [0.25, 0.3) is 21.8 Å². The smallest absolute Gasteiger partial charge is 0.344 e. The number of benzene rings is 8. The van der Waals surface area contributed by atoms with Gasteiger partial charge in [-0.2, -0.15) is 20.4 Å². The normalized spacial score (nSPS) is 12.5. The fraction of sp³-hybridized carbons (Fsp3) is 0.250. The summed E-state index contributed by atoms with van der Waals surface area (Å²) in [6.07, 6.45) is 6.22. The third-order valence-corrected chi connectivity index (χ3v) is 16.6. The van der Waals surface area contributed by atoms with E-state index in [2.05, 4.69) is 93.0 Å². The van der Waals surface area contributed by atoms with Crippen LogP contribution in [0.4, 0.5) is 22.7 Å². The molecular formula is C80H78N10O12. The molecule has 10 aromatic rings. The summed E-state index contributed by atoms with van der Waals surface area (Å²) in [5, 5.41) is 53.4. The molecule has 1 aliphatic carbocycles. The summed E-state index contributed by atoms with van der Waals surface area (Å²) < 4.78 is 35.9. The summed E-state index contributed by atoms with van der Waals surface area (Å²) in [6.45, 7) is 14.2. The first kappa shape index (κ1) is 71.1. The highest BCUT2D eigenvalue weighted by Crippen LogP contribution is 2.43. The van der Waals surface area contributed by atoms with Crippen molar-refractivity contribution in [1.29, 1.82) is 0 Å². The minimum Gasteiger partial charge on any atom is -0.507 e. The molecule has 0 aliphatic heterocycles. The van der Waals surface area contributed by atoms with E-state index >= 15 is 0 Å². The molecule has 4 N–H and O–H groups in total. The van der Waals surface area contributed by atoms with Crippen LogP contribution in [0, 0.1) is 0 Å². The van der Waals surface area contributed by atoms with Gasteiger partial charge in [0, 0.05) is 48.8 Å². The maximum Gasteiger partial charge on any atom is 0.344 e. The molecule has 2 amide bonds. The largest absolute Gasteiger partial charge is 0.507 e. The van der Waals surface area contributed by atoms with Crippen molar-refractivity contribution in [1.82, 2.24) is 20.8 Å². The van der Waals surface area contributed by atoms with Gasteiger partial charge in [0.1, 0.15) is 45.5 Å². The van der Waals surface area contributed by atoms with Gasteiger partial charge in [-0.3, -0.25) is 19.6 Å². The van der Waals surface area contributed by atoms with Crippen LogP contribution >= 0.6 is 0 Å². The second-order valence-electron chi connectivity index (χ2n) is 26.2. The van der Waals surface area contributed by atoms with Gasteiger partial charge in [0.05, 0.1) is 48.4 Å². The number of hydrazone groups is 2. The molecular weight excluding hydrogens is 1290 g/mol. The van der Waals surface area contributed by atoms with Crippen LogP contribution in [0.1, 0.15) is 122 Å². The molecule has 0 unspecified atom stereocenters. The molecule has 8 aromatic carbocycles. The minimum atomic E-state index is -0.616. The van der Waals surface area contributed by atoms with Crippen molar-refractivity contribution in [3.8, 4) is 34.5 Å². The molecule has 0 saturated carbocycles. The number of hydrogen-bond donors (Lipinski definition) is 4. The fourth-order valence-corrected chi connectivity index (χ4v) is 11.6. The maximum atomic E-state index is 13.6. The van der Waals surface area contributed by atoms with E-state index < -0.39 is 61.0 Å². The number of azo groups is 2. The Morgan fingerprint density at radius 1 is 0.441 bits per heavy atom. The Morgan fingerprint density at radius 3 is 1.15 bits per heavy atom. The number of carbonyl (C=O) groups excluding carboxylic acids is 4. The predicted octanol–water partition coefficient (Wildman–Crippen LogP) is 15.2. The van der Waals surface area contributed by atoms with Crippen LogP contribution in [0.2, 0.25) is 0 Å². The molecule has 0 spiro atoms. The highest BCUT2D eigenvalue weighted by atomic mass is 16.6. The zero-order valence-corrected chi connectivity index (χ0v) is 57.9. The molecule has 1 aliphatic rings. The van der Waals surface area contributed by atoms with Crippen LogP contribution < -0.4 is 29.8 Å². The van der Waals surface area contributed by atoms with Gasteiger partial charge in [0.15, 0.2) is 26.4 Å². The van der Waals surface area contributed by atoms with Crippen LogP contribution in [0.5, 0.6) is 34.5 Å². The molecule has 0 atom stereocenters. The first-order valence-electron chi connectivity index (χ1n) is 33.3. The van der Waals surface area contributed by atoms with E-state index in [-0.39, 0.29) is 50.4 Å². The lowest BCUT2D eigenvalue weighted by Gasteiger charge is -2.26. The molecule has 0 saturated heterocycles. The molecule has 2 aromatic heterocycles. The van der Waals surface area contributed by atoms with Gasteiger partial charge in [0.25, 0.3) is 11.8 Å². The van der Waals surface area contributed by atoms with Crippen molar-refractivity contribution >= 4 is 80.7 Å². The lowest BCUT2D eigenvalue weighted by atomic mass is 9.81. The lowest BCUT2D eigenvalue weighted by molar-refractivity contribution is -0.146. The number of phenolic OH excluding ortho intramolecular Hbond substituents is 2. The van der Waals surface area contributed by atoms with Gasteiger partial charge in [-0.05, 0) is 164 Å². The Morgan fingerprint density at radius 2 is 0.804 bits per heavy atom. The van der Waals surface area contributed by atoms with Crippen LogP contribution in [-0.4, -0.2) is 96.0 Å². The Labute approximate surface area is 590 Å². The van der Waals surface area contributed by atoms with E-state index in [1.807, 2.05) is 97.1 Å². The highest BCUT2D eigenvalue weighted by molar-refractivity contribution is 5.95. The highest BCUT2D eigenvalue weighted by Gasteiger charge is 2.28. The van der Waals surface area contributed by atoms with E-state index in [4.69, 9.17) is 28.4 Å². The van der Waals surface area contributed by atoms with E-state index in [0.29, 0.717) is 123 Å². The first-order valence-corrected chi connectivity index (χ1v) is 33.3. The number of nitrogens with zero attached hydrogens (tertiary/aromatic N) is 8. The summed E-state index contributed by atoms with van der Waals surface area (Å²) in [6, 6.07) is 47.7. The lowest BCUT2D eigenvalue weighted by Crippen LogP contribution is -2.24. The number of rotatable bonds is 22. The summed E-state index contributed by atoms with van der Waals surface area (Å²) in [7, 11) is 0. The molecule has 8 bridgehead atoms. The summed E-state index contributed by atoms with van der Waals surface area (Å²) >= 11 is 0. The quantitative estimate of drug-likeness (QED) is 0.0212. The Kier molecular flexibility index (Phi) is 22.4. The number of esters is 2. The average Bonchev–Trinajstić information content (AvgIpc) is 0.771. The van der Waals surface area contributed by atoms with Crippen molar-refractivity contribution in [2.24, 2.45) is 30.7 Å². The predicted molar refractivity (Wildman–Crippen MR) is 389 cm³/mol. The standard InChI is InChI=1S/C80H78N10O12/c1-9-97-71(93)47-101-77-55-35-51-31-49(43-83-89-69(91)45-99-67-25-17-23-63-65(27-29-81-73(63)67)87-85-61-19-13-11-14-20-61)33-53(75(51)95)37-57-41-60(80(6,7)8)42-58(78(57)102-48-72(94)98-10-2)38-54-34-50(32-52(76(54)96)36-56(77)40-59(39-55)79(3,4)5)44-84-90-70(92)46-100-68-26-18-24-64-66(28-30-82-74(64)68)88-86-62-21-15-12-16-22-62/h11-34,39-44,95-96H,9-10,35-38,45-48H2,1-8H3,(H,89,91)(H,90,92)/b83-43+,84-44?,87-85?,88-86?. The molecule has 520 valence electrons. The van der Waals surface area contributed by atoms with Gasteiger partial charge >= 0.3 is 11.9 Å². The van der Waals surface area contributed by atoms with Crippen molar-refractivity contribution in [2.75, 3.05) is 39.6 Å². The number of para-hydroxylation sites is 2. The van der Waals surface area contributed by atoms with E-state index in [1.165, 1.54) is 12.4 Å². The van der Waals surface area contributed by atoms with E-state index in [1.54, 1.807) is 86.9 Å². The van der Waals surface area contributed by atoms with Crippen molar-refractivity contribution in [2.45, 2.75) is 91.9 Å². The molecule has 22 nitrogen and oxygen atoms in total. The van der Waals surface area contributed by atoms with E-state index in [0.717, 1.165) is 11.1 Å². The van der Waals surface area contributed by atoms with Gasteiger partial charge in [-0.15, -0.1) is 10.2 Å². The summed E-state index contributed by atoms with van der Waals surface area (Å²) in [5.74, 6) is -1.23. The first-order chi connectivity index (χ1) is 49.2. The van der Waals surface area contributed by atoms with Crippen molar-refractivity contribution in [3.63, 3.8) is 0 Å². The Bertz CT molecular complexity index is 4490. The number of amides is 2. The SMILES string of the molecule is CCOC(=O)COc1c2cc(C(C)(C)C)cc1Cc1cc(/C=N/NC(=O)COc3cccc4c(N=Nc5ccccc5)ccnc34)cc(c1O)Cc1cc(C(C)(C)C)cc(c1OCC(=O)OCC)Cc1cc(C=NNC(=O)COc3cccc4c(N=Nc5ccccc5)ccnc34)cc(c1O)C2. The number of nitrogens with one attached hydrogen (secondary N) is 2. The van der Waals surface area contributed by atoms with Crippen LogP contribution in [0.15, 0.2) is 201 Å². The molecule has 102 heavy (non-hydrogen) atoms. The summed E-state index contributed by atoms with van der Waals surface area (Å²) in [5.41, 5.74) is 14.4. The average molecular weight is 1370 g/mol. The topological polar surface area (TPSA) is 288 Å². The fourth-order valence-electron chi connectivity index (χ4n) is 11.6. The number of fused-ring (bicyclic) bond motifs is 10. The number of ether oxygens (including phenoxy) is 6. The molecule has 22 heteroatoms. The van der Waals surface area contributed by atoms with Gasteiger partial charge in [-0.1, -0.05) is 126 Å². The van der Waals surface area contributed by atoms with Gasteiger partial charge in [0.2, 0.25) is 0 Å². The second-order valence-corrected chi connectivity index (χ2v) is 26.2. The number of hydrogen-bond acceptors (Lipinski definition) is 20. The molecule has 11 rings (SSSR count). The third kappa shape index (κ3) is 18.0. The number of carbonyl (C=O) groups is 4. The second kappa shape index (κ2) is 32.2. The number of pyridine rings is 2. The number of aromatic nitrogens is 2. The number of phenols is 2. The van der Waals surface area contributed by atoms with Gasteiger partial charge < -0.3 is 38.6 Å². The van der Waals surface area contributed by atoms with Crippen molar-refractivity contribution < 1.29 is 57.8 Å². The monoisotopic (exact) mass is 1370 g/mol. The van der Waals surface area contributed by atoms with Gasteiger partial charge in [-0.25, -0.2) is 20.4 Å². The maximum absolute atomic E-state index is 13.6. The molecule has 2 heterocycles. The zero-order valence-electron chi connectivity index (χ0n) is 57.9. The summed E-state index contributed by atoms with van der Waals surface area (Å²) in [4.78, 5) is 62.9. The van der Waals surface area contributed by atoms with Crippen molar-refractivity contribution in [3.05, 3.63) is 237 Å². The van der Waals surface area contributed by atoms with Crippen LogP contribution in [0.3, 0.4) is 0 Å². The Balaban J connectivity index is 0.956. The third-order valence-electron chi connectivity index (χ3n) is 16.6. The van der Waals surface area contributed by atoms with E-state index in [9.17, 15) is 29.4 Å². The Hall–Kier alpha value is -12.2. The minimum absolute atomic E-state index is 0.0237.